The number of aliphatic hydroxyl groups excluding tert-OH is 1. The molecule has 0 rings (SSSR count). The Labute approximate surface area is 189 Å². The number of aliphatic hydroxyl groups is 1. The molecular weight excluding hydrogens is 372 g/mol. The molecule has 0 radical (unpaired) electrons. The second-order valence-electron chi connectivity index (χ2n) is 9.11. The van der Waals surface area contributed by atoms with Crippen molar-refractivity contribution in [3.05, 3.63) is 0 Å². The summed E-state index contributed by atoms with van der Waals surface area (Å²) in [4.78, 5) is 0. The summed E-state index contributed by atoms with van der Waals surface area (Å²) >= 11 is 0. The third kappa shape index (κ3) is 24.2. The van der Waals surface area contributed by atoms with Crippen molar-refractivity contribution in [2.75, 3.05) is 26.4 Å². The molecule has 1 unspecified atom stereocenters. The molecule has 0 fully saturated rings. The normalized spacial score (nSPS) is 12.5. The highest BCUT2D eigenvalue weighted by atomic mass is 16.5. The zero-order valence-electron chi connectivity index (χ0n) is 20.8. The first-order chi connectivity index (χ1) is 14.8. The molecule has 0 aliphatic carbocycles. The van der Waals surface area contributed by atoms with Crippen LogP contribution in [-0.4, -0.2) is 37.6 Å². The van der Waals surface area contributed by atoms with Gasteiger partial charge in [-0.1, -0.05) is 129 Å². The summed E-state index contributed by atoms with van der Waals surface area (Å²) in [5.74, 6) is 0. The Hall–Kier alpha value is -0.120. The second-order valence-corrected chi connectivity index (χ2v) is 9.11. The highest BCUT2D eigenvalue weighted by Crippen LogP contribution is 2.13. The van der Waals surface area contributed by atoms with Crippen molar-refractivity contribution in [3.8, 4) is 0 Å². The SMILES string of the molecule is CCCCCCCCCCCCCCCCCCOCC(CO)OCCCCCC. The number of ether oxygens (including phenoxy) is 2. The van der Waals surface area contributed by atoms with Crippen LogP contribution in [0.1, 0.15) is 142 Å². The van der Waals surface area contributed by atoms with Gasteiger partial charge in [0.15, 0.2) is 0 Å². The smallest absolute Gasteiger partial charge is 0.104 e. The summed E-state index contributed by atoms with van der Waals surface area (Å²) in [7, 11) is 0. The van der Waals surface area contributed by atoms with E-state index in [9.17, 15) is 5.11 Å². The Bertz CT molecular complexity index is 296. The molecule has 0 saturated heterocycles. The molecule has 0 saturated carbocycles. The molecule has 0 aliphatic heterocycles. The molecule has 3 nitrogen and oxygen atoms in total. The van der Waals surface area contributed by atoms with Crippen molar-refractivity contribution in [1.29, 1.82) is 0 Å². The molecule has 182 valence electrons. The Morgan fingerprint density at radius 3 is 1.30 bits per heavy atom. The van der Waals surface area contributed by atoms with E-state index < -0.39 is 0 Å². The summed E-state index contributed by atoms with van der Waals surface area (Å²) in [5, 5.41) is 9.37. The van der Waals surface area contributed by atoms with Crippen LogP contribution in [0, 0.1) is 0 Å². The highest BCUT2D eigenvalue weighted by molar-refractivity contribution is 4.55. The van der Waals surface area contributed by atoms with Crippen LogP contribution in [-0.2, 0) is 9.47 Å². The molecular formula is C27H56O3. The zero-order chi connectivity index (χ0) is 22.0. The first-order valence-corrected chi connectivity index (χ1v) is 13.6. The molecule has 30 heavy (non-hydrogen) atoms. The summed E-state index contributed by atoms with van der Waals surface area (Å²) in [6.45, 7) is 6.64. The van der Waals surface area contributed by atoms with E-state index in [1.165, 1.54) is 116 Å². The third-order valence-electron chi connectivity index (χ3n) is 6.00. The fourth-order valence-corrected chi connectivity index (χ4v) is 3.90. The standard InChI is InChI=1S/C27H56O3/c1-3-5-7-9-10-11-12-13-14-15-16-17-18-19-20-21-23-29-26-27(25-28)30-24-22-8-6-4-2/h27-28H,3-26H2,1-2H3. The second kappa shape index (κ2) is 26.9. The predicted molar refractivity (Wildman–Crippen MR) is 131 cm³/mol. The fourth-order valence-electron chi connectivity index (χ4n) is 3.90. The minimum absolute atomic E-state index is 0.0622. The molecule has 0 amide bonds. The van der Waals surface area contributed by atoms with Gasteiger partial charge in [0.25, 0.3) is 0 Å². The number of rotatable bonds is 26. The summed E-state index contributed by atoms with van der Waals surface area (Å²) < 4.78 is 11.4. The van der Waals surface area contributed by atoms with Gasteiger partial charge < -0.3 is 14.6 Å². The van der Waals surface area contributed by atoms with Crippen LogP contribution in [0.25, 0.3) is 0 Å². The minimum atomic E-state index is -0.146. The van der Waals surface area contributed by atoms with Crippen molar-refractivity contribution >= 4 is 0 Å². The van der Waals surface area contributed by atoms with Gasteiger partial charge in [0.2, 0.25) is 0 Å². The topological polar surface area (TPSA) is 38.7 Å². The molecule has 0 bridgehead atoms. The maximum Gasteiger partial charge on any atom is 0.104 e. The number of hydrogen-bond acceptors (Lipinski definition) is 3. The predicted octanol–water partition coefficient (Wildman–Crippen LogP) is 8.22. The maximum atomic E-state index is 9.37. The average molecular weight is 429 g/mol. The van der Waals surface area contributed by atoms with Crippen molar-refractivity contribution in [3.63, 3.8) is 0 Å². The van der Waals surface area contributed by atoms with Crippen LogP contribution in [0.3, 0.4) is 0 Å². The van der Waals surface area contributed by atoms with Gasteiger partial charge in [-0.25, -0.2) is 0 Å². The van der Waals surface area contributed by atoms with E-state index in [1.807, 2.05) is 0 Å². The van der Waals surface area contributed by atoms with Gasteiger partial charge in [-0.2, -0.15) is 0 Å². The molecule has 0 aromatic rings. The molecule has 0 aromatic heterocycles. The van der Waals surface area contributed by atoms with Crippen LogP contribution in [0.2, 0.25) is 0 Å². The highest BCUT2D eigenvalue weighted by Gasteiger charge is 2.07. The van der Waals surface area contributed by atoms with E-state index in [1.54, 1.807) is 0 Å². The summed E-state index contributed by atoms with van der Waals surface area (Å²) in [6.07, 6.45) is 26.9. The van der Waals surface area contributed by atoms with Crippen molar-refractivity contribution < 1.29 is 14.6 Å². The van der Waals surface area contributed by atoms with Crippen molar-refractivity contribution in [2.24, 2.45) is 0 Å². The molecule has 0 aromatic carbocycles. The molecule has 1 N–H and O–H groups in total. The van der Waals surface area contributed by atoms with E-state index >= 15 is 0 Å². The van der Waals surface area contributed by atoms with Crippen LogP contribution in [0.15, 0.2) is 0 Å². The molecule has 0 spiro atoms. The van der Waals surface area contributed by atoms with Crippen LogP contribution < -0.4 is 0 Å². The molecule has 1 atom stereocenters. The Balaban J connectivity index is 3.18. The lowest BCUT2D eigenvalue weighted by atomic mass is 10.0. The van der Waals surface area contributed by atoms with Gasteiger partial charge in [-0.05, 0) is 12.8 Å². The Kier molecular flexibility index (Phi) is 26.8. The summed E-state index contributed by atoms with van der Waals surface area (Å²) in [5.41, 5.74) is 0. The molecule has 3 heteroatoms. The van der Waals surface area contributed by atoms with Gasteiger partial charge in [-0.3, -0.25) is 0 Å². The average Bonchev–Trinajstić information content (AvgIpc) is 2.76. The van der Waals surface area contributed by atoms with E-state index in [4.69, 9.17) is 9.47 Å². The van der Waals surface area contributed by atoms with E-state index in [2.05, 4.69) is 13.8 Å². The molecule has 0 aliphatic rings. The minimum Gasteiger partial charge on any atom is -0.394 e. The lowest BCUT2D eigenvalue weighted by Crippen LogP contribution is -2.24. The van der Waals surface area contributed by atoms with Gasteiger partial charge in [-0.15, -0.1) is 0 Å². The monoisotopic (exact) mass is 428 g/mol. The number of hydrogen-bond donors (Lipinski definition) is 1. The lowest BCUT2D eigenvalue weighted by Gasteiger charge is -2.15. The summed E-state index contributed by atoms with van der Waals surface area (Å²) in [6, 6.07) is 0. The van der Waals surface area contributed by atoms with E-state index in [0.29, 0.717) is 6.61 Å². The van der Waals surface area contributed by atoms with Gasteiger partial charge >= 0.3 is 0 Å². The lowest BCUT2D eigenvalue weighted by molar-refractivity contribution is -0.0437. The largest absolute Gasteiger partial charge is 0.394 e. The van der Waals surface area contributed by atoms with Gasteiger partial charge in [0, 0.05) is 13.2 Å². The Morgan fingerprint density at radius 2 is 0.867 bits per heavy atom. The fraction of sp³-hybridized carbons (Fsp3) is 1.00. The van der Waals surface area contributed by atoms with Crippen molar-refractivity contribution in [1.82, 2.24) is 0 Å². The zero-order valence-corrected chi connectivity index (χ0v) is 20.8. The maximum absolute atomic E-state index is 9.37. The first kappa shape index (κ1) is 29.9. The number of unbranched alkanes of at least 4 members (excludes halogenated alkanes) is 18. The van der Waals surface area contributed by atoms with Crippen LogP contribution in [0.4, 0.5) is 0 Å². The quantitative estimate of drug-likeness (QED) is 0.141. The Morgan fingerprint density at radius 1 is 0.500 bits per heavy atom. The van der Waals surface area contributed by atoms with Crippen LogP contribution >= 0.6 is 0 Å². The van der Waals surface area contributed by atoms with Gasteiger partial charge in [0.1, 0.15) is 6.10 Å². The van der Waals surface area contributed by atoms with Gasteiger partial charge in [0.05, 0.1) is 13.2 Å². The molecule has 0 heterocycles. The van der Waals surface area contributed by atoms with E-state index in [0.717, 1.165) is 26.1 Å². The first-order valence-electron chi connectivity index (χ1n) is 13.6. The van der Waals surface area contributed by atoms with E-state index in [-0.39, 0.29) is 12.7 Å². The van der Waals surface area contributed by atoms with Crippen LogP contribution in [0.5, 0.6) is 0 Å². The third-order valence-corrected chi connectivity index (χ3v) is 6.00. The van der Waals surface area contributed by atoms with Crippen molar-refractivity contribution in [2.45, 2.75) is 148 Å².